The Bertz CT molecular complexity index is 578. The molecule has 1 unspecified atom stereocenters. The molecule has 108 valence electrons. The summed E-state index contributed by atoms with van der Waals surface area (Å²) >= 11 is 1.59. The number of nitrogens with zero attached hydrogens (tertiary/aromatic N) is 2. The predicted molar refractivity (Wildman–Crippen MR) is 82.1 cm³/mol. The zero-order valence-corrected chi connectivity index (χ0v) is 12.6. The quantitative estimate of drug-likeness (QED) is 0.767. The number of rotatable bonds is 7. The van der Waals surface area contributed by atoms with Gasteiger partial charge in [0.1, 0.15) is 0 Å². The number of aromatic nitrogens is 3. The summed E-state index contributed by atoms with van der Waals surface area (Å²) in [5.41, 5.74) is 1.11. The summed E-state index contributed by atoms with van der Waals surface area (Å²) in [5, 5.41) is 10.8. The van der Waals surface area contributed by atoms with Crippen molar-refractivity contribution in [3.8, 4) is 0 Å². The Hall–Kier alpha value is -1.53. The third-order valence-electron chi connectivity index (χ3n) is 3.07. The maximum absolute atomic E-state index is 11.5. The Morgan fingerprint density at radius 3 is 2.75 bits per heavy atom. The Balaban J connectivity index is 2.08. The SMILES string of the molecule is CCNC(CSc1n[nH]c(=O)n1CC)c1ccccc1. The average molecular weight is 292 g/mol. The standard InChI is InChI=1S/C14H20N4OS/c1-3-15-12(11-8-6-5-7-9-11)10-20-14-17-16-13(19)18(14)4-2/h5-9,12,15H,3-4,10H2,1-2H3,(H,16,19). The molecule has 0 saturated carbocycles. The highest BCUT2D eigenvalue weighted by Gasteiger charge is 2.13. The van der Waals surface area contributed by atoms with Crippen LogP contribution in [0.5, 0.6) is 0 Å². The van der Waals surface area contributed by atoms with E-state index < -0.39 is 0 Å². The summed E-state index contributed by atoms with van der Waals surface area (Å²) in [7, 11) is 0. The van der Waals surface area contributed by atoms with Gasteiger partial charge in [-0.1, -0.05) is 49.0 Å². The van der Waals surface area contributed by atoms with Gasteiger partial charge >= 0.3 is 5.69 Å². The largest absolute Gasteiger partial charge is 0.343 e. The van der Waals surface area contributed by atoms with E-state index >= 15 is 0 Å². The van der Waals surface area contributed by atoms with Gasteiger partial charge in [0.15, 0.2) is 5.16 Å². The van der Waals surface area contributed by atoms with Crippen LogP contribution in [-0.4, -0.2) is 27.1 Å². The third-order valence-corrected chi connectivity index (χ3v) is 4.14. The van der Waals surface area contributed by atoms with E-state index in [2.05, 4.69) is 34.6 Å². The minimum atomic E-state index is -0.144. The maximum atomic E-state index is 11.5. The molecule has 0 amide bonds. The van der Waals surface area contributed by atoms with E-state index in [0.29, 0.717) is 6.54 Å². The molecule has 2 N–H and O–H groups in total. The fourth-order valence-corrected chi connectivity index (χ4v) is 3.16. The summed E-state index contributed by atoms with van der Waals surface area (Å²) in [6, 6.07) is 10.6. The molecule has 0 aliphatic heterocycles. The van der Waals surface area contributed by atoms with Gasteiger partial charge in [0, 0.05) is 18.3 Å². The van der Waals surface area contributed by atoms with E-state index in [4.69, 9.17) is 0 Å². The Morgan fingerprint density at radius 1 is 1.35 bits per heavy atom. The van der Waals surface area contributed by atoms with E-state index in [1.807, 2.05) is 25.1 Å². The number of hydrogen-bond donors (Lipinski definition) is 2. The van der Waals surface area contributed by atoms with Gasteiger partial charge in [-0.3, -0.25) is 4.57 Å². The van der Waals surface area contributed by atoms with Gasteiger partial charge in [-0.15, -0.1) is 5.10 Å². The zero-order valence-electron chi connectivity index (χ0n) is 11.8. The minimum Gasteiger partial charge on any atom is -0.309 e. The first-order valence-electron chi connectivity index (χ1n) is 6.82. The molecular weight excluding hydrogens is 272 g/mol. The molecule has 0 radical (unpaired) electrons. The molecule has 1 aromatic carbocycles. The van der Waals surface area contributed by atoms with Crippen molar-refractivity contribution in [2.75, 3.05) is 12.3 Å². The van der Waals surface area contributed by atoms with E-state index in [-0.39, 0.29) is 11.7 Å². The van der Waals surface area contributed by atoms with Gasteiger partial charge in [-0.2, -0.15) is 0 Å². The number of benzene rings is 1. The van der Waals surface area contributed by atoms with Crippen LogP contribution < -0.4 is 11.0 Å². The molecule has 0 fully saturated rings. The lowest BCUT2D eigenvalue weighted by molar-refractivity contribution is 0.602. The van der Waals surface area contributed by atoms with Crippen molar-refractivity contribution in [2.24, 2.45) is 0 Å². The smallest absolute Gasteiger partial charge is 0.309 e. The highest BCUT2D eigenvalue weighted by atomic mass is 32.2. The van der Waals surface area contributed by atoms with Crippen molar-refractivity contribution in [3.05, 3.63) is 46.4 Å². The van der Waals surface area contributed by atoms with Crippen molar-refractivity contribution in [1.82, 2.24) is 20.1 Å². The van der Waals surface area contributed by atoms with Gasteiger partial charge in [0.2, 0.25) is 0 Å². The molecular formula is C14H20N4OS. The summed E-state index contributed by atoms with van der Waals surface area (Å²) in [6.45, 7) is 5.58. The van der Waals surface area contributed by atoms with E-state index in [0.717, 1.165) is 17.5 Å². The second-order valence-electron chi connectivity index (χ2n) is 4.39. The number of H-pyrrole nitrogens is 1. The van der Waals surface area contributed by atoms with E-state index in [1.165, 1.54) is 5.56 Å². The zero-order chi connectivity index (χ0) is 14.4. The van der Waals surface area contributed by atoms with Crippen LogP contribution >= 0.6 is 11.8 Å². The molecule has 1 aromatic heterocycles. The summed E-state index contributed by atoms with van der Waals surface area (Å²) < 4.78 is 1.65. The van der Waals surface area contributed by atoms with Gasteiger partial charge in [0.25, 0.3) is 0 Å². The van der Waals surface area contributed by atoms with Crippen molar-refractivity contribution in [2.45, 2.75) is 31.6 Å². The Kier molecular flexibility index (Phi) is 5.43. The van der Waals surface area contributed by atoms with Gasteiger partial charge in [-0.05, 0) is 19.0 Å². The lowest BCUT2D eigenvalue weighted by atomic mass is 10.1. The Labute approximate surface area is 122 Å². The fourth-order valence-electron chi connectivity index (χ4n) is 2.05. The second-order valence-corrected chi connectivity index (χ2v) is 5.37. The highest BCUT2D eigenvalue weighted by Crippen LogP contribution is 2.22. The van der Waals surface area contributed by atoms with Crippen molar-refractivity contribution >= 4 is 11.8 Å². The van der Waals surface area contributed by atoms with Crippen molar-refractivity contribution in [1.29, 1.82) is 0 Å². The maximum Gasteiger partial charge on any atom is 0.343 e. The van der Waals surface area contributed by atoms with Gasteiger partial charge in [0.05, 0.1) is 0 Å². The fraction of sp³-hybridized carbons (Fsp3) is 0.429. The van der Waals surface area contributed by atoms with Crippen LogP contribution in [0.25, 0.3) is 0 Å². The van der Waals surface area contributed by atoms with Crippen LogP contribution in [0.3, 0.4) is 0 Å². The first-order valence-corrected chi connectivity index (χ1v) is 7.81. The molecule has 2 rings (SSSR count). The van der Waals surface area contributed by atoms with Gasteiger partial charge in [-0.25, -0.2) is 9.89 Å². The minimum absolute atomic E-state index is 0.144. The molecule has 2 aromatic rings. The van der Waals surface area contributed by atoms with Crippen molar-refractivity contribution in [3.63, 3.8) is 0 Å². The lowest BCUT2D eigenvalue weighted by Crippen LogP contribution is -2.23. The molecule has 5 nitrogen and oxygen atoms in total. The van der Waals surface area contributed by atoms with Crippen LogP contribution in [0.2, 0.25) is 0 Å². The number of thioether (sulfide) groups is 1. The predicted octanol–water partition coefficient (Wildman–Crippen LogP) is 2.03. The number of aromatic amines is 1. The van der Waals surface area contributed by atoms with Crippen molar-refractivity contribution < 1.29 is 0 Å². The topological polar surface area (TPSA) is 62.7 Å². The molecule has 1 atom stereocenters. The highest BCUT2D eigenvalue weighted by molar-refractivity contribution is 7.99. The second kappa shape index (κ2) is 7.31. The molecule has 0 aliphatic carbocycles. The molecule has 20 heavy (non-hydrogen) atoms. The lowest BCUT2D eigenvalue weighted by Gasteiger charge is -2.17. The monoisotopic (exact) mass is 292 g/mol. The summed E-state index contributed by atoms with van der Waals surface area (Å²) in [6.07, 6.45) is 0. The molecule has 0 bridgehead atoms. The molecule has 0 saturated heterocycles. The first-order chi connectivity index (χ1) is 9.76. The van der Waals surface area contributed by atoms with Gasteiger partial charge < -0.3 is 5.32 Å². The number of nitrogens with one attached hydrogen (secondary N) is 2. The average Bonchev–Trinajstić information content (AvgIpc) is 2.84. The molecule has 1 heterocycles. The Morgan fingerprint density at radius 2 is 2.10 bits per heavy atom. The molecule has 0 spiro atoms. The summed E-state index contributed by atoms with van der Waals surface area (Å²) in [5.74, 6) is 0.835. The van der Waals surface area contributed by atoms with Crippen LogP contribution in [-0.2, 0) is 6.54 Å². The normalized spacial score (nSPS) is 12.5. The molecule has 0 aliphatic rings. The van der Waals surface area contributed by atoms with E-state index in [1.54, 1.807) is 16.3 Å². The summed E-state index contributed by atoms with van der Waals surface area (Å²) in [4.78, 5) is 11.5. The number of hydrogen-bond acceptors (Lipinski definition) is 4. The third kappa shape index (κ3) is 3.52. The van der Waals surface area contributed by atoms with Crippen LogP contribution in [0, 0.1) is 0 Å². The molecule has 6 heteroatoms. The van der Waals surface area contributed by atoms with E-state index in [9.17, 15) is 4.79 Å². The first kappa shape index (κ1) is 14.9. The van der Waals surface area contributed by atoms with Crippen LogP contribution in [0.1, 0.15) is 25.5 Å². The van der Waals surface area contributed by atoms with Crippen LogP contribution in [0.15, 0.2) is 40.3 Å². The van der Waals surface area contributed by atoms with Crippen LogP contribution in [0.4, 0.5) is 0 Å².